The Bertz CT molecular complexity index is 814. The zero-order valence-electron chi connectivity index (χ0n) is 15.9. The van der Waals surface area contributed by atoms with E-state index in [9.17, 15) is 4.79 Å². The van der Waals surface area contributed by atoms with Crippen molar-refractivity contribution in [2.75, 3.05) is 37.0 Å². The van der Waals surface area contributed by atoms with Crippen molar-refractivity contribution in [1.29, 1.82) is 0 Å². The second-order valence-corrected chi connectivity index (χ2v) is 7.80. The summed E-state index contributed by atoms with van der Waals surface area (Å²) in [5, 5.41) is 3.01. The van der Waals surface area contributed by atoms with Crippen molar-refractivity contribution < 1.29 is 9.53 Å². The van der Waals surface area contributed by atoms with Crippen LogP contribution in [0.25, 0.3) is 6.08 Å². The molecule has 4 nitrogen and oxygen atoms in total. The van der Waals surface area contributed by atoms with Crippen molar-refractivity contribution in [2.24, 2.45) is 0 Å². The van der Waals surface area contributed by atoms with Crippen molar-refractivity contribution >= 4 is 29.4 Å². The largest absolute Gasteiger partial charge is 0.497 e. The standard InChI is InChI=1S/C22H26N2O2S/c1-17-19(16-24-11-13-27-14-12-24)6-4-8-21(17)23-22(25)10-9-18-5-3-7-20(15-18)26-2/h3-10,15H,11-14,16H2,1-2H3,(H,23,25)/b10-9+. The summed E-state index contributed by atoms with van der Waals surface area (Å²) in [6.45, 7) is 5.28. The molecule has 0 spiro atoms. The molecular formula is C22H26N2O2S. The van der Waals surface area contributed by atoms with Crippen LogP contribution in [0.1, 0.15) is 16.7 Å². The molecule has 142 valence electrons. The quantitative estimate of drug-likeness (QED) is 0.760. The van der Waals surface area contributed by atoms with Crippen LogP contribution in [0.5, 0.6) is 5.75 Å². The highest BCUT2D eigenvalue weighted by Gasteiger charge is 2.13. The van der Waals surface area contributed by atoms with Gasteiger partial charge in [-0.05, 0) is 47.9 Å². The van der Waals surface area contributed by atoms with Crippen LogP contribution >= 0.6 is 11.8 Å². The van der Waals surface area contributed by atoms with E-state index in [2.05, 4.69) is 23.2 Å². The van der Waals surface area contributed by atoms with Gasteiger partial charge in [0.1, 0.15) is 5.75 Å². The van der Waals surface area contributed by atoms with Crippen LogP contribution in [-0.4, -0.2) is 42.5 Å². The Morgan fingerprint density at radius 2 is 2.00 bits per heavy atom. The third kappa shape index (κ3) is 5.62. The van der Waals surface area contributed by atoms with Crippen LogP contribution in [0.3, 0.4) is 0 Å². The lowest BCUT2D eigenvalue weighted by atomic mass is 10.1. The van der Waals surface area contributed by atoms with Gasteiger partial charge >= 0.3 is 0 Å². The minimum Gasteiger partial charge on any atom is -0.497 e. The number of rotatable bonds is 6. The van der Waals surface area contributed by atoms with Crippen LogP contribution in [0, 0.1) is 6.92 Å². The first-order chi connectivity index (χ1) is 13.2. The average molecular weight is 383 g/mol. The minimum atomic E-state index is -0.132. The van der Waals surface area contributed by atoms with Gasteiger partial charge in [-0.1, -0.05) is 24.3 Å². The molecule has 2 aromatic rings. The van der Waals surface area contributed by atoms with Crippen LogP contribution in [0.15, 0.2) is 48.5 Å². The molecule has 5 heteroatoms. The van der Waals surface area contributed by atoms with Crippen LogP contribution in [0.4, 0.5) is 5.69 Å². The second kappa shape index (κ2) is 9.62. The van der Waals surface area contributed by atoms with E-state index in [-0.39, 0.29) is 5.91 Å². The first-order valence-corrected chi connectivity index (χ1v) is 10.3. The number of ether oxygens (including phenoxy) is 1. The summed E-state index contributed by atoms with van der Waals surface area (Å²) in [6.07, 6.45) is 3.35. The molecule has 0 aromatic heterocycles. The maximum atomic E-state index is 12.4. The molecule has 0 aliphatic carbocycles. The third-order valence-corrected chi connectivity index (χ3v) is 5.66. The molecule has 1 fully saturated rings. The maximum Gasteiger partial charge on any atom is 0.248 e. The van der Waals surface area contributed by atoms with Crippen molar-refractivity contribution in [3.8, 4) is 5.75 Å². The van der Waals surface area contributed by atoms with Crippen molar-refractivity contribution in [2.45, 2.75) is 13.5 Å². The fraction of sp³-hybridized carbons (Fsp3) is 0.318. The van der Waals surface area contributed by atoms with Gasteiger partial charge in [-0.25, -0.2) is 0 Å². The molecule has 1 N–H and O–H groups in total. The van der Waals surface area contributed by atoms with Gasteiger partial charge in [0.15, 0.2) is 0 Å². The number of benzene rings is 2. The summed E-state index contributed by atoms with van der Waals surface area (Å²) in [6, 6.07) is 13.8. The SMILES string of the molecule is COc1cccc(/C=C/C(=O)Nc2cccc(CN3CCSCC3)c2C)c1. The lowest BCUT2D eigenvalue weighted by Gasteiger charge is -2.27. The highest BCUT2D eigenvalue weighted by molar-refractivity contribution is 7.99. The average Bonchev–Trinajstić information content (AvgIpc) is 2.70. The fourth-order valence-corrected chi connectivity index (χ4v) is 4.06. The Morgan fingerprint density at radius 1 is 1.22 bits per heavy atom. The van der Waals surface area contributed by atoms with Gasteiger partial charge in [0.05, 0.1) is 7.11 Å². The van der Waals surface area contributed by atoms with E-state index in [1.165, 1.54) is 17.1 Å². The summed E-state index contributed by atoms with van der Waals surface area (Å²) in [5.74, 6) is 3.04. The van der Waals surface area contributed by atoms with Gasteiger partial charge in [0.2, 0.25) is 5.91 Å². The monoisotopic (exact) mass is 382 g/mol. The van der Waals surface area contributed by atoms with Crippen LogP contribution in [0.2, 0.25) is 0 Å². The van der Waals surface area contributed by atoms with Crippen molar-refractivity contribution in [3.63, 3.8) is 0 Å². The molecule has 1 aliphatic rings. The van der Waals surface area contributed by atoms with Gasteiger partial charge < -0.3 is 10.1 Å². The van der Waals surface area contributed by atoms with E-state index in [0.29, 0.717) is 0 Å². The number of amides is 1. The molecule has 27 heavy (non-hydrogen) atoms. The Hall–Kier alpha value is -2.24. The van der Waals surface area contributed by atoms with E-state index >= 15 is 0 Å². The first-order valence-electron chi connectivity index (χ1n) is 9.17. The normalized spacial score (nSPS) is 15.0. The molecule has 1 saturated heterocycles. The van der Waals surface area contributed by atoms with Crippen LogP contribution < -0.4 is 10.1 Å². The molecular weight excluding hydrogens is 356 g/mol. The van der Waals surface area contributed by atoms with Gasteiger partial charge in [-0.3, -0.25) is 9.69 Å². The lowest BCUT2D eigenvalue weighted by Crippen LogP contribution is -2.32. The number of carbonyl (C=O) groups excluding carboxylic acids is 1. The minimum absolute atomic E-state index is 0.132. The summed E-state index contributed by atoms with van der Waals surface area (Å²) in [5.41, 5.74) is 4.22. The van der Waals surface area contributed by atoms with Gasteiger partial charge in [0.25, 0.3) is 0 Å². The Morgan fingerprint density at radius 3 is 2.78 bits per heavy atom. The van der Waals surface area contributed by atoms with E-state index in [0.717, 1.165) is 42.2 Å². The summed E-state index contributed by atoms with van der Waals surface area (Å²) >= 11 is 2.02. The number of anilines is 1. The first kappa shape index (κ1) is 19.5. The number of nitrogens with one attached hydrogen (secondary N) is 1. The Kier molecular flexibility index (Phi) is 6.96. The van der Waals surface area contributed by atoms with Gasteiger partial charge in [-0.2, -0.15) is 11.8 Å². The molecule has 0 atom stereocenters. The predicted molar refractivity (Wildman–Crippen MR) is 114 cm³/mol. The molecule has 0 bridgehead atoms. The zero-order valence-corrected chi connectivity index (χ0v) is 16.7. The molecule has 0 unspecified atom stereocenters. The number of thioether (sulfide) groups is 1. The number of carbonyl (C=O) groups is 1. The summed E-state index contributed by atoms with van der Waals surface area (Å²) < 4.78 is 5.21. The number of nitrogens with zero attached hydrogens (tertiary/aromatic N) is 1. The molecule has 2 aromatic carbocycles. The second-order valence-electron chi connectivity index (χ2n) is 6.58. The molecule has 0 saturated carbocycles. The van der Waals surface area contributed by atoms with Gasteiger partial charge in [-0.15, -0.1) is 0 Å². The van der Waals surface area contributed by atoms with Crippen LogP contribution in [-0.2, 0) is 11.3 Å². The maximum absolute atomic E-state index is 12.4. The van der Waals surface area contributed by atoms with E-state index in [1.54, 1.807) is 19.3 Å². The Labute approximate surface area is 165 Å². The number of methoxy groups -OCH3 is 1. The highest BCUT2D eigenvalue weighted by Crippen LogP contribution is 2.22. The number of hydrogen-bond donors (Lipinski definition) is 1. The molecule has 3 rings (SSSR count). The smallest absolute Gasteiger partial charge is 0.248 e. The Balaban J connectivity index is 1.64. The highest BCUT2D eigenvalue weighted by atomic mass is 32.2. The molecule has 1 amide bonds. The predicted octanol–water partition coefficient (Wildman–Crippen LogP) is 4.20. The van der Waals surface area contributed by atoms with Gasteiger partial charge in [0, 0.05) is 42.9 Å². The third-order valence-electron chi connectivity index (χ3n) is 4.72. The van der Waals surface area contributed by atoms with Crippen molar-refractivity contribution in [1.82, 2.24) is 4.90 Å². The van der Waals surface area contributed by atoms with E-state index in [1.807, 2.05) is 48.2 Å². The zero-order chi connectivity index (χ0) is 19.1. The lowest BCUT2D eigenvalue weighted by molar-refractivity contribution is -0.111. The molecule has 1 heterocycles. The summed E-state index contributed by atoms with van der Waals surface area (Å²) in [7, 11) is 1.63. The van der Waals surface area contributed by atoms with E-state index in [4.69, 9.17) is 4.74 Å². The topological polar surface area (TPSA) is 41.6 Å². The number of hydrogen-bond acceptors (Lipinski definition) is 4. The molecule has 1 aliphatic heterocycles. The van der Waals surface area contributed by atoms with E-state index < -0.39 is 0 Å². The fourth-order valence-electron chi connectivity index (χ4n) is 3.08. The van der Waals surface area contributed by atoms with Crippen molar-refractivity contribution in [3.05, 3.63) is 65.2 Å². The molecule has 0 radical (unpaired) electrons. The summed E-state index contributed by atoms with van der Waals surface area (Å²) in [4.78, 5) is 14.8.